The second kappa shape index (κ2) is 6.50. The Bertz CT molecular complexity index is 612. The number of carbonyl (C=O) groups excluding carboxylic acids is 1. The summed E-state index contributed by atoms with van der Waals surface area (Å²) in [7, 11) is 0. The number of aliphatic hydroxyl groups is 1. The summed E-state index contributed by atoms with van der Waals surface area (Å²) >= 11 is 0. The van der Waals surface area contributed by atoms with Crippen LogP contribution in [0.15, 0.2) is 54.6 Å². The second-order valence-corrected chi connectivity index (χ2v) is 5.02. The van der Waals surface area contributed by atoms with E-state index in [2.05, 4.69) is 0 Å². The van der Waals surface area contributed by atoms with Gasteiger partial charge in [0.1, 0.15) is 17.8 Å². The molecule has 1 N–H and O–H groups in total. The average Bonchev–Trinajstić information content (AvgIpc) is 2.53. The monoisotopic (exact) mass is 288 g/mol. The first-order chi connectivity index (χ1) is 10.1. The predicted octanol–water partition coefficient (Wildman–Crippen LogP) is 2.82. The van der Waals surface area contributed by atoms with Crippen LogP contribution in [0.4, 0.5) is 4.39 Å². The van der Waals surface area contributed by atoms with E-state index < -0.39 is 17.2 Å². The van der Waals surface area contributed by atoms with Crippen LogP contribution in [0.3, 0.4) is 0 Å². The van der Waals surface area contributed by atoms with Crippen molar-refractivity contribution in [1.82, 2.24) is 0 Å². The van der Waals surface area contributed by atoms with Gasteiger partial charge in [0.2, 0.25) is 0 Å². The lowest BCUT2D eigenvalue weighted by Gasteiger charge is -2.25. The average molecular weight is 288 g/mol. The highest BCUT2D eigenvalue weighted by atomic mass is 19.1. The number of hydrogen-bond acceptors (Lipinski definition) is 3. The van der Waals surface area contributed by atoms with Crippen molar-refractivity contribution in [1.29, 1.82) is 0 Å². The van der Waals surface area contributed by atoms with Crippen LogP contribution >= 0.6 is 0 Å². The summed E-state index contributed by atoms with van der Waals surface area (Å²) in [6.45, 7) is 1.06. The van der Waals surface area contributed by atoms with Crippen LogP contribution in [0.5, 0.6) is 0 Å². The fourth-order valence-electron chi connectivity index (χ4n) is 2.00. The molecule has 0 saturated carbocycles. The largest absolute Gasteiger partial charge is 0.460 e. The number of hydrogen-bond donors (Lipinski definition) is 1. The Morgan fingerprint density at radius 2 is 1.76 bits per heavy atom. The first-order valence-electron chi connectivity index (χ1n) is 6.65. The zero-order valence-electron chi connectivity index (χ0n) is 11.8. The molecule has 0 aliphatic heterocycles. The van der Waals surface area contributed by atoms with E-state index in [4.69, 9.17) is 4.74 Å². The number of rotatable bonds is 5. The summed E-state index contributed by atoms with van der Waals surface area (Å²) in [5.74, 6) is -1.00. The topological polar surface area (TPSA) is 46.5 Å². The Kier molecular flexibility index (Phi) is 4.70. The summed E-state index contributed by atoms with van der Waals surface area (Å²) in [5, 5.41) is 9.59. The minimum atomic E-state index is -1.16. The molecule has 0 saturated heterocycles. The lowest BCUT2D eigenvalue weighted by atomic mass is 9.83. The molecule has 0 amide bonds. The Morgan fingerprint density at radius 1 is 1.14 bits per heavy atom. The van der Waals surface area contributed by atoms with E-state index in [0.717, 1.165) is 0 Å². The lowest BCUT2D eigenvalue weighted by Crippen LogP contribution is -2.38. The van der Waals surface area contributed by atoms with Crippen molar-refractivity contribution in [2.24, 2.45) is 0 Å². The summed E-state index contributed by atoms with van der Waals surface area (Å²) in [6, 6.07) is 15.0. The molecule has 21 heavy (non-hydrogen) atoms. The van der Waals surface area contributed by atoms with Gasteiger partial charge in [0, 0.05) is 5.56 Å². The molecule has 0 spiro atoms. The van der Waals surface area contributed by atoms with Gasteiger partial charge in [0.05, 0.1) is 6.61 Å². The Labute approximate surface area is 123 Å². The summed E-state index contributed by atoms with van der Waals surface area (Å²) in [5.41, 5.74) is -0.197. The SMILES string of the molecule is CC(CO)(C(=O)OCc1ccccc1F)c1ccccc1. The van der Waals surface area contributed by atoms with E-state index in [1.54, 1.807) is 49.4 Å². The van der Waals surface area contributed by atoms with Gasteiger partial charge in [-0.2, -0.15) is 0 Å². The molecule has 0 aliphatic carbocycles. The maximum Gasteiger partial charge on any atom is 0.318 e. The highest BCUT2D eigenvalue weighted by molar-refractivity contribution is 5.82. The lowest BCUT2D eigenvalue weighted by molar-refractivity contribution is -0.153. The third-order valence-electron chi connectivity index (χ3n) is 3.49. The Balaban J connectivity index is 2.13. The molecule has 1 unspecified atom stereocenters. The minimum absolute atomic E-state index is 0.159. The molecule has 0 aromatic heterocycles. The van der Waals surface area contributed by atoms with Crippen LogP contribution in [0.25, 0.3) is 0 Å². The summed E-state index contributed by atoms with van der Waals surface area (Å²) < 4.78 is 18.7. The molecular weight excluding hydrogens is 271 g/mol. The van der Waals surface area contributed by atoms with Crippen LogP contribution in [0.2, 0.25) is 0 Å². The predicted molar refractivity (Wildman–Crippen MR) is 77.1 cm³/mol. The third-order valence-corrected chi connectivity index (χ3v) is 3.49. The van der Waals surface area contributed by atoms with Crippen molar-refractivity contribution >= 4 is 5.97 Å². The highest BCUT2D eigenvalue weighted by Crippen LogP contribution is 2.25. The van der Waals surface area contributed by atoms with Gasteiger partial charge in [0.15, 0.2) is 0 Å². The fraction of sp³-hybridized carbons (Fsp3) is 0.235. The van der Waals surface area contributed by atoms with Gasteiger partial charge in [0.25, 0.3) is 0 Å². The normalized spacial score (nSPS) is 13.5. The van der Waals surface area contributed by atoms with E-state index in [1.807, 2.05) is 6.07 Å². The number of ether oxygens (including phenoxy) is 1. The van der Waals surface area contributed by atoms with Gasteiger partial charge in [-0.05, 0) is 18.6 Å². The molecule has 0 aliphatic rings. The van der Waals surface area contributed by atoms with E-state index in [1.165, 1.54) is 6.07 Å². The molecule has 1 atom stereocenters. The molecule has 2 aromatic rings. The second-order valence-electron chi connectivity index (χ2n) is 5.02. The zero-order chi connectivity index (χ0) is 15.3. The molecular formula is C17H17FO3. The van der Waals surface area contributed by atoms with Crippen LogP contribution in [0, 0.1) is 5.82 Å². The van der Waals surface area contributed by atoms with Gasteiger partial charge >= 0.3 is 5.97 Å². The van der Waals surface area contributed by atoms with Crippen molar-refractivity contribution in [3.05, 3.63) is 71.5 Å². The van der Waals surface area contributed by atoms with Gasteiger partial charge in [-0.1, -0.05) is 48.5 Å². The van der Waals surface area contributed by atoms with E-state index in [0.29, 0.717) is 11.1 Å². The van der Waals surface area contributed by atoms with E-state index >= 15 is 0 Å². The first kappa shape index (κ1) is 15.2. The van der Waals surface area contributed by atoms with Gasteiger partial charge < -0.3 is 9.84 Å². The fourth-order valence-corrected chi connectivity index (χ4v) is 2.00. The van der Waals surface area contributed by atoms with Crippen molar-refractivity contribution in [3.8, 4) is 0 Å². The quantitative estimate of drug-likeness (QED) is 0.861. The Hall–Kier alpha value is -2.20. The van der Waals surface area contributed by atoms with Crippen molar-refractivity contribution in [2.75, 3.05) is 6.61 Å². The van der Waals surface area contributed by atoms with Crippen LogP contribution in [-0.2, 0) is 21.6 Å². The molecule has 2 aromatic carbocycles. The first-order valence-corrected chi connectivity index (χ1v) is 6.65. The minimum Gasteiger partial charge on any atom is -0.460 e. The molecule has 0 fully saturated rings. The maximum atomic E-state index is 13.5. The standard InChI is InChI=1S/C17H17FO3/c1-17(12-19,14-8-3-2-4-9-14)16(20)21-11-13-7-5-6-10-15(13)18/h2-10,19H,11-12H2,1H3. The smallest absolute Gasteiger partial charge is 0.318 e. The maximum absolute atomic E-state index is 13.5. The molecule has 4 heteroatoms. The number of esters is 1. The highest BCUT2D eigenvalue weighted by Gasteiger charge is 2.36. The number of aliphatic hydroxyl groups excluding tert-OH is 1. The van der Waals surface area contributed by atoms with Gasteiger partial charge in [-0.25, -0.2) is 4.39 Å². The van der Waals surface area contributed by atoms with Gasteiger partial charge in [-0.3, -0.25) is 4.79 Å². The number of carbonyl (C=O) groups is 1. The summed E-state index contributed by atoms with van der Waals surface area (Å²) in [4.78, 5) is 12.3. The van der Waals surface area contributed by atoms with Crippen LogP contribution in [-0.4, -0.2) is 17.7 Å². The van der Waals surface area contributed by atoms with Crippen LogP contribution < -0.4 is 0 Å². The zero-order valence-corrected chi connectivity index (χ0v) is 11.8. The molecule has 110 valence electrons. The molecule has 3 nitrogen and oxygen atoms in total. The summed E-state index contributed by atoms with van der Waals surface area (Å²) in [6.07, 6.45) is 0. The molecule has 2 rings (SSSR count). The number of benzene rings is 2. The third kappa shape index (κ3) is 3.28. The molecule has 0 heterocycles. The van der Waals surface area contributed by atoms with Crippen molar-refractivity contribution in [3.63, 3.8) is 0 Å². The molecule has 0 radical (unpaired) electrons. The van der Waals surface area contributed by atoms with Crippen molar-refractivity contribution < 1.29 is 19.0 Å². The van der Waals surface area contributed by atoms with Crippen LogP contribution in [0.1, 0.15) is 18.1 Å². The Morgan fingerprint density at radius 3 is 2.38 bits per heavy atom. The molecule has 0 bridgehead atoms. The van der Waals surface area contributed by atoms with E-state index in [9.17, 15) is 14.3 Å². The van der Waals surface area contributed by atoms with Gasteiger partial charge in [-0.15, -0.1) is 0 Å². The van der Waals surface area contributed by atoms with Crippen molar-refractivity contribution in [2.45, 2.75) is 18.9 Å². The van der Waals surface area contributed by atoms with E-state index in [-0.39, 0.29) is 13.2 Å². The number of halogens is 1.